The largest absolute Gasteiger partial charge is 0.292 e. The second-order valence-corrected chi connectivity index (χ2v) is 5.82. The normalized spacial score (nSPS) is 15.7. The summed E-state index contributed by atoms with van der Waals surface area (Å²) in [4.78, 5) is 12.4. The number of carbonyl (C=O) groups is 1. The highest BCUT2D eigenvalue weighted by molar-refractivity contribution is 5.95. The van der Waals surface area contributed by atoms with Gasteiger partial charge in [-0.05, 0) is 31.4 Å². The molecule has 2 aromatic rings. The van der Waals surface area contributed by atoms with Crippen LogP contribution in [0.5, 0.6) is 0 Å². The Bertz CT molecular complexity index is 634. The van der Waals surface area contributed by atoms with E-state index in [-0.39, 0.29) is 5.78 Å². The molecule has 21 heavy (non-hydrogen) atoms. The average Bonchev–Trinajstić information content (AvgIpc) is 3.17. The Labute approximate surface area is 125 Å². The second kappa shape index (κ2) is 5.84. The van der Waals surface area contributed by atoms with Crippen LogP contribution < -0.4 is 0 Å². The van der Waals surface area contributed by atoms with Gasteiger partial charge in [0.1, 0.15) is 5.69 Å². The summed E-state index contributed by atoms with van der Waals surface area (Å²) in [5.41, 5.74) is 2.48. The topological polar surface area (TPSA) is 52.7 Å². The van der Waals surface area contributed by atoms with E-state index >= 15 is 0 Å². The zero-order valence-corrected chi connectivity index (χ0v) is 12.7. The van der Waals surface area contributed by atoms with Gasteiger partial charge < -0.3 is 0 Å². The fourth-order valence-corrected chi connectivity index (χ4v) is 3.06. The molecule has 3 rings (SSSR count). The van der Waals surface area contributed by atoms with Crippen LogP contribution in [-0.2, 0) is 19.9 Å². The van der Waals surface area contributed by atoms with E-state index in [0.29, 0.717) is 18.2 Å². The number of aromatic nitrogens is 4. The maximum Gasteiger partial charge on any atom is 0.186 e. The number of Topliss-reactive ketones (excluding diaryl/α,β-unsaturated/α-hetero) is 1. The smallest absolute Gasteiger partial charge is 0.186 e. The zero-order chi connectivity index (χ0) is 14.8. The van der Waals surface area contributed by atoms with Crippen molar-refractivity contribution in [3.8, 4) is 0 Å². The van der Waals surface area contributed by atoms with Gasteiger partial charge in [0.05, 0.1) is 23.9 Å². The van der Waals surface area contributed by atoms with Crippen molar-refractivity contribution in [2.75, 3.05) is 0 Å². The number of nitrogens with zero attached hydrogens (tertiary/aromatic N) is 4. The summed E-state index contributed by atoms with van der Waals surface area (Å²) in [6.07, 6.45) is 8.19. The lowest BCUT2D eigenvalue weighted by atomic mass is 10.1. The Kier molecular flexibility index (Phi) is 3.90. The Morgan fingerprint density at radius 2 is 2.05 bits per heavy atom. The molecule has 1 aliphatic rings. The first-order valence-corrected chi connectivity index (χ1v) is 7.77. The van der Waals surface area contributed by atoms with Gasteiger partial charge in [-0.3, -0.25) is 14.2 Å². The molecule has 0 saturated heterocycles. The van der Waals surface area contributed by atoms with Gasteiger partial charge in [-0.2, -0.15) is 10.2 Å². The molecule has 2 heterocycles. The number of hydrogen-bond donors (Lipinski definition) is 0. The fourth-order valence-electron chi connectivity index (χ4n) is 3.06. The highest BCUT2D eigenvalue weighted by Gasteiger charge is 2.19. The SMILES string of the molecule is CCc1cc(C(=O)Cc2ccn(C3CCCC3)n2)n(C)n1. The molecule has 1 aliphatic carbocycles. The molecule has 5 heteroatoms. The maximum absolute atomic E-state index is 12.4. The number of carbonyl (C=O) groups excluding carboxylic acids is 1. The van der Waals surface area contributed by atoms with Gasteiger partial charge in [-0.15, -0.1) is 0 Å². The van der Waals surface area contributed by atoms with Crippen molar-refractivity contribution in [3.63, 3.8) is 0 Å². The summed E-state index contributed by atoms with van der Waals surface area (Å²) in [7, 11) is 1.82. The quantitative estimate of drug-likeness (QED) is 0.794. The summed E-state index contributed by atoms with van der Waals surface area (Å²) in [6.45, 7) is 2.04. The Hall–Kier alpha value is -1.91. The minimum atomic E-state index is 0.0846. The van der Waals surface area contributed by atoms with E-state index in [0.717, 1.165) is 17.8 Å². The van der Waals surface area contributed by atoms with Crippen molar-refractivity contribution >= 4 is 5.78 Å². The lowest BCUT2D eigenvalue weighted by Gasteiger charge is -2.08. The lowest BCUT2D eigenvalue weighted by molar-refractivity contribution is 0.0982. The minimum Gasteiger partial charge on any atom is -0.292 e. The second-order valence-electron chi connectivity index (χ2n) is 5.82. The first-order chi connectivity index (χ1) is 10.2. The van der Waals surface area contributed by atoms with Gasteiger partial charge in [-0.1, -0.05) is 19.8 Å². The van der Waals surface area contributed by atoms with Crippen LogP contribution in [0.15, 0.2) is 18.3 Å². The van der Waals surface area contributed by atoms with E-state index in [1.54, 1.807) is 4.68 Å². The molecule has 5 nitrogen and oxygen atoms in total. The van der Waals surface area contributed by atoms with Gasteiger partial charge in [0, 0.05) is 13.2 Å². The number of aryl methyl sites for hydroxylation is 2. The van der Waals surface area contributed by atoms with Gasteiger partial charge in [0.15, 0.2) is 5.78 Å². The molecule has 1 fully saturated rings. The molecule has 112 valence electrons. The predicted molar refractivity (Wildman–Crippen MR) is 80.4 cm³/mol. The molecule has 0 N–H and O–H groups in total. The molecule has 0 amide bonds. The molecule has 0 aliphatic heterocycles. The van der Waals surface area contributed by atoms with Crippen LogP contribution in [-0.4, -0.2) is 25.3 Å². The standard InChI is InChI=1S/C16H22N4O/c1-3-12-10-15(19(2)17-12)16(21)11-13-8-9-20(18-13)14-6-4-5-7-14/h8-10,14H,3-7,11H2,1-2H3. The first-order valence-electron chi connectivity index (χ1n) is 7.77. The van der Waals surface area contributed by atoms with Crippen LogP contribution in [0.1, 0.15) is 60.5 Å². The van der Waals surface area contributed by atoms with Gasteiger partial charge in [-0.25, -0.2) is 0 Å². The molecule has 0 aromatic carbocycles. The van der Waals surface area contributed by atoms with Crippen molar-refractivity contribution < 1.29 is 4.79 Å². The molecule has 1 saturated carbocycles. The van der Waals surface area contributed by atoms with Crippen LogP contribution in [0.25, 0.3) is 0 Å². The van der Waals surface area contributed by atoms with E-state index in [9.17, 15) is 4.79 Å². The summed E-state index contributed by atoms with van der Waals surface area (Å²) in [5, 5.41) is 8.91. The van der Waals surface area contributed by atoms with Crippen LogP contribution in [0.3, 0.4) is 0 Å². The minimum absolute atomic E-state index is 0.0846. The van der Waals surface area contributed by atoms with Crippen molar-refractivity contribution in [3.05, 3.63) is 35.4 Å². The van der Waals surface area contributed by atoms with E-state index in [2.05, 4.69) is 10.2 Å². The predicted octanol–water partition coefficient (Wildman–Crippen LogP) is 2.72. The third-order valence-corrected chi connectivity index (χ3v) is 4.28. The lowest BCUT2D eigenvalue weighted by Crippen LogP contribution is -2.11. The van der Waals surface area contributed by atoms with Crippen LogP contribution >= 0.6 is 0 Å². The van der Waals surface area contributed by atoms with Crippen LogP contribution in [0.2, 0.25) is 0 Å². The van der Waals surface area contributed by atoms with Gasteiger partial charge >= 0.3 is 0 Å². The Balaban J connectivity index is 1.70. The van der Waals surface area contributed by atoms with Crippen molar-refractivity contribution in [2.24, 2.45) is 7.05 Å². The highest BCUT2D eigenvalue weighted by atomic mass is 16.1. The summed E-state index contributed by atoms with van der Waals surface area (Å²) in [6, 6.07) is 4.38. The van der Waals surface area contributed by atoms with E-state index < -0.39 is 0 Å². The summed E-state index contributed by atoms with van der Waals surface area (Å²) in [5.74, 6) is 0.0846. The Morgan fingerprint density at radius 1 is 1.29 bits per heavy atom. The van der Waals surface area contributed by atoms with Crippen LogP contribution in [0.4, 0.5) is 0 Å². The van der Waals surface area contributed by atoms with E-state index in [4.69, 9.17) is 0 Å². The number of ketones is 1. The van der Waals surface area contributed by atoms with Crippen molar-refractivity contribution in [2.45, 2.75) is 51.5 Å². The monoisotopic (exact) mass is 286 g/mol. The summed E-state index contributed by atoms with van der Waals surface area (Å²) >= 11 is 0. The molecule has 0 radical (unpaired) electrons. The molecular formula is C16H22N4O. The molecule has 0 unspecified atom stereocenters. The average molecular weight is 286 g/mol. The maximum atomic E-state index is 12.4. The molecular weight excluding hydrogens is 264 g/mol. The van der Waals surface area contributed by atoms with Gasteiger partial charge in [0.25, 0.3) is 0 Å². The Morgan fingerprint density at radius 3 is 2.71 bits per heavy atom. The van der Waals surface area contributed by atoms with Crippen LogP contribution in [0, 0.1) is 0 Å². The van der Waals surface area contributed by atoms with E-state index in [1.165, 1.54) is 25.7 Å². The zero-order valence-electron chi connectivity index (χ0n) is 12.7. The highest BCUT2D eigenvalue weighted by Crippen LogP contribution is 2.28. The molecule has 2 aromatic heterocycles. The number of hydrogen-bond acceptors (Lipinski definition) is 3. The third-order valence-electron chi connectivity index (χ3n) is 4.28. The fraction of sp³-hybridized carbons (Fsp3) is 0.562. The molecule has 0 bridgehead atoms. The van der Waals surface area contributed by atoms with E-state index in [1.807, 2.05) is 37.0 Å². The number of rotatable bonds is 5. The van der Waals surface area contributed by atoms with Gasteiger partial charge in [0.2, 0.25) is 0 Å². The molecule has 0 spiro atoms. The first kappa shape index (κ1) is 14.0. The van der Waals surface area contributed by atoms with Crippen molar-refractivity contribution in [1.29, 1.82) is 0 Å². The van der Waals surface area contributed by atoms with Crippen molar-refractivity contribution in [1.82, 2.24) is 19.6 Å². The summed E-state index contributed by atoms with van der Waals surface area (Å²) < 4.78 is 3.71. The molecule has 0 atom stereocenters. The third kappa shape index (κ3) is 2.91.